The van der Waals surface area contributed by atoms with Crippen molar-refractivity contribution in [3.05, 3.63) is 0 Å². The van der Waals surface area contributed by atoms with Crippen molar-refractivity contribution in [2.45, 2.75) is 135 Å². The molecule has 0 amide bonds. The normalized spacial score (nSPS) is 31.1. The van der Waals surface area contributed by atoms with Crippen molar-refractivity contribution in [3.8, 4) is 0 Å². The van der Waals surface area contributed by atoms with Gasteiger partial charge in [0.1, 0.15) is 0 Å². The lowest BCUT2D eigenvalue weighted by Crippen LogP contribution is -2.62. The maximum atomic E-state index is 14.8. The number of nitrogens with zero attached hydrogens (tertiary/aromatic N) is 2. The third-order valence-electron chi connectivity index (χ3n) is 7.15. The Labute approximate surface area is 191 Å². The van der Waals surface area contributed by atoms with Gasteiger partial charge in [0.15, 0.2) is 0 Å². The number of piperidine rings is 2. The Kier molecular flexibility index (Phi) is 7.17. The minimum Gasteiger partial charge on any atom is -0.307 e. The Morgan fingerprint density at radius 1 is 0.774 bits per heavy atom. The highest BCUT2D eigenvalue weighted by Gasteiger charge is 2.55. The summed E-state index contributed by atoms with van der Waals surface area (Å²) in [6.45, 7) is 22.6. The van der Waals surface area contributed by atoms with Gasteiger partial charge in [-0.15, -0.1) is 0 Å². The molecule has 0 radical (unpaired) electrons. The first kappa shape index (κ1) is 25.6. The summed E-state index contributed by atoms with van der Waals surface area (Å²) in [6, 6.07) is 0.540. The highest BCUT2D eigenvalue weighted by atomic mass is 31.2. The number of nitrogens with one attached hydrogen (secondary N) is 2. The average Bonchev–Trinajstić information content (AvgIpc) is 2.86. The van der Waals surface area contributed by atoms with Crippen molar-refractivity contribution in [2.75, 3.05) is 19.7 Å². The van der Waals surface area contributed by atoms with E-state index in [0.717, 1.165) is 51.6 Å². The quantitative estimate of drug-likeness (QED) is 0.426. The van der Waals surface area contributed by atoms with Crippen LogP contribution in [0.3, 0.4) is 0 Å². The molecule has 3 aliphatic heterocycles. The topological polar surface area (TPSA) is 56.8 Å². The molecule has 0 aromatic carbocycles. The summed E-state index contributed by atoms with van der Waals surface area (Å²) in [5.41, 5.74) is 0.0826. The molecule has 3 saturated heterocycles. The summed E-state index contributed by atoms with van der Waals surface area (Å²) in [7, 11) is -3.07. The molecule has 3 heterocycles. The van der Waals surface area contributed by atoms with Gasteiger partial charge < -0.3 is 15.2 Å². The van der Waals surface area contributed by atoms with Crippen molar-refractivity contribution in [1.29, 1.82) is 0 Å². The fourth-order valence-electron chi connectivity index (χ4n) is 6.82. The molecule has 0 spiro atoms. The van der Waals surface area contributed by atoms with Gasteiger partial charge in [0, 0.05) is 47.3 Å². The van der Waals surface area contributed by atoms with E-state index in [2.05, 4.69) is 82.3 Å². The molecule has 7 heteroatoms. The SMILES string of the molecule is CCCCOP1(=O)N(C2CC(C)(C)NC(C)(C)C2)CCN1C1CC(C)(C)NC(C)(C)C1. The van der Waals surface area contributed by atoms with Gasteiger partial charge >= 0.3 is 7.67 Å². The molecule has 3 aliphatic rings. The van der Waals surface area contributed by atoms with Gasteiger partial charge in [0.2, 0.25) is 0 Å². The molecular formula is C24H49N4O2P. The zero-order chi connectivity index (χ0) is 23.3. The van der Waals surface area contributed by atoms with Crippen molar-refractivity contribution in [2.24, 2.45) is 0 Å². The predicted octanol–water partition coefficient (Wildman–Crippen LogP) is 5.15. The van der Waals surface area contributed by atoms with Gasteiger partial charge in [-0.1, -0.05) is 13.3 Å². The highest BCUT2D eigenvalue weighted by Crippen LogP contribution is 2.62. The van der Waals surface area contributed by atoms with E-state index in [0.29, 0.717) is 6.61 Å². The summed E-state index contributed by atoms with van der Waals surface area (Å²) >= 11 is 0. The van der Waals surface area contributed by atoms with Gasteiger partial charge in [-0.3, -0.25) is 4.57 Å². The molecule has 182 valence electrons. The first-order chi connectivity index (χ1) is 14.1. The van der Waals surface area contributed by atoms with Crippen molar-refractivity contribution < 1.29 is 9.09 Å². The Morgan fingerprint density at radius 3 is 1.45 bits per heavy atom. The second-order valence-corrected chi connectivity index (χ2v) is 15.2. The molecule has 3 rings (SSSR count). The van der Waals surface area contributed by atoms with E-state index in [1.54, 1.807) is 0 Å². The fraction of sp³-hybridized carbons (Fsp3) is 1.00. The van der Waals surface area contributed by atoms with Gasteiger partial charge in [0.25, 0.3) is 0 Å². The maximum Gasteiger partial charge on any atom is 0.346 e. The molecule has 0 unspecified atom stereocenters. The Hall–Kier alpha value is 0.0300. The molecule has 0 bridgehead atoms. The molecule has 0 aliphatic carbocycles. The molecule has 0 saturated carbocycles. The van der Waals surface area contributed by atoms with Crippen LogP contribution in [-0.4, -0.2) is 63.3 Å². The lowest BCUT2D eigenvalue weighted by molar-refractivity contribution is 0.0947. The van der Waals surface area contributed by atoms with Crippen LogP contribution in [0, 0.1) is 0 Å². The summed E-state index contributed by atoms with van der Waals surface area (Å²) in [5, 5.41) is 7.56. The van der Waals surface area contributed by atoms with Crippen LogP contribution in [0.25, 0.3) is 0 Å². The predicted molar refractivity (Wildman–Crippen MR) is 131 cm³/mol. The smallest absolute Gasteiger partial charge is 0.307 e. The van der Waals surface area contributed by atoms with Crippen molar-refractivity contribution in [1.82, 2.24) is 20.0 Å². The summed E-state index contributed by atoms with van der Waals surface area (Å²) in [5.74, 6) is 0. The summed E-state index contributed by atoms with van der Waals surface area (Å²) in [4.78, 5) is 0. The summed E-state index contributed by atoms with van der Waals surface area (Å²) in [6.07, 6.45) is 5.99. The van der Waals surface area contributed by atoms with Crippen LogP contribution in [-0.2, 0) is 9.09 Å². The van der Waals surface area contributed by atoms with Crippen LogP contribution < -0.4 is 10.6 Å². The van der Waals surface area contributed by atoms with E-state index >= 15 is 0 Å². The number of unbranched alkanes of at least 4 members (excludes halogenated alkanes) is 1. The van der Waals surface area contributed by atoms with Gasteiger partial charge in [-0.25, -0.2) is 9.34 Å². The fourth-order valence-corrected chi connectivity index (χ4v) is 9.61. The zero-order valence-electron chi connectivity index (χ0n) is 21.7. The zero-order valence-corrected chi connectivity index (χ0v) is 22.6. The maximum absolute atomic E-state index is 14.8. The van der Waals surface area contributed by atoms with Crippen LogP contribution in [0.1, 0.15) is 101 Å². The first-order valence-corrected chi connectivity index (χ1v) is 14.0. The van der Waals surface area contributed by atoms with Crippen LogP contribution in [0.5, 0.6) is 0 Å². The molecule has 0 atom stereocenters. The van der Waals surface area contributed by atoms with E-state index < -0.39 is 7.67 Å². The third kappa shape index (κ3) is 5.94. The average molecular weight is 457 g/mol. The molecule has 6 nitrogen and oxygen atoms in total. The Balaban J connectivity index is 1.90. The van der Waals surface area contributed by atoms with Crippen molar-refractivity contribution >= 4 is 7.67 Å². The lowest BCUT2D eigenvalue weighted by atomic mass is 9.79. The van der Waals surface area contributed by atoms with E-state index in [9.17, 15) is 4.57 Å². The first-order valence-electron chi connectivity index (χ1n) is 12.5. The minimum atomic E-state index is -3.07. The molecule has 3 fully saturated rings. The second kappa shape index (κ2) is 8.67. The van der Waals surface area contributed by atoms with Crippen molar-refractivity contribution in [3.63, 3.8) is 0 Å². The molecule has 2 N–H and O–H groups in total. The van der Waals surface area contributed by atoms with Gasteiger partial charge in [-0.2, -0.15) is 0 Å². The Bertz CT molecular complexity index is 609. The number of hydrogen-bond acceptors (Lipinski definition) is 4. The van der Waals surface area contributed by atoms with E-state index in [-0.39, 0.29) is 34.2 Å². The standard InChI is InChI=1S/C24H49N4O2P/c1-10-11-14-30-31(29)27(19-15-21(2,3)25-22(4,5)16-19)12-13-28(31)20-17-23(6,7)26-24(8,9)18-20/h19-20,25-26H,10-18H2,1-9H3. The van der Waals surface area contributed by atoms with Gasteiger partial charge in [0.05, 0.1) is 6.61 Å². The molecule has 31 heavy (non-hydrogen) atoms. The summed E-state index contributed by atoms with van der Waals surface area (Å²) < 4.78 is 25.8. The molecule has 0 aromatic rings. The largest absolute Gasteiger partial charge is 0.346 e. The third-order valence-corrected chi connectivity index (χ3v) is 10.0. The number of rotatable bonds is 6. The minimum absolute atomic E-state index is 0.0207. The second-order valence-electron chi connectivity index (χ2n) is 12.9. The van der Waals surface area contributed by atoms with E-state index in [1.165, 1.54) is 0 Å². The molecular weight excluding hydrogens is 407 g/mol. The van der Waals surface area contributed by atoms with Crippen LogP contribution in [0.2, 0.25) is 0 Å². The van der Waals surface area contributed by atoms with E-state index in [1.807, 2.05) is 0 Å². The molecule has 0 aromatic heterocycles. The number of hydrogen-bond donors (Lipinski definition) is 2. The Morgan fingerprint density at radius 2 is 1.13 bits per heavy atom. The van der Waals surface area contributed by atoms with Crippen LogP contribution in [0.15, 0.2) is 0 Å². The lowest BCUT2D eigenvalue weighted by Gasteiger charge is -2.51. The van der Waals surface area contributed by atoms with Crippen LogP contribution >= 0.6 is 7.67 Å². The van der Waals surface area contributed by atoms with Gasteiger partial charge in [-0.05, 0) is 87.5 Å². The van der Waals surface area contributed by atoms with E-state index in [4.69, 9.17) is 4.52 Å². The highest BCUT2D eigenvalue weighted by molar-refractivity contribution is 7.54. The van der Waals surface area contributed by atoms with Crippen LogP contribution in [0.4, 0.5) is 0 Å². The monoisotopic (exact) mass is 456 g/mol.